The average molecular weight is 262 g/mol. The number of anilines is 1. The molecule has 0 spiro atoms. The highest BCUT2D eigenvalue weighted by molar-refractivity contribution is 5.61. The Morgan fingerprint density at radius 1 is 1.16 bits per heavy atom. The number of aliphatic hydroxyl groups excluding tert-OH is 1. The lowest BCUT2D eigenvalue weighted by Gasteiger charge is -2.34. The zero-order chi connectivity index (χ0) is 14.0. The standard InChI is InChI=1S/C16H26N2O/c1-12-8-13(2)16(14(3)9-12)18-7-5-6-17(4)10-15(18)11-19/h8-9,15,19H,5-7,10-11H2,1-4H3. The Morgan fingerprint density at radius 3 is 2.37 bits per heavy atom. The molecule has 1 N–H and O–H groups in total. The van der Waals surface area contributed by atoms with E-state index in [1.54, 1.807) is 0 Å². The summed E-state index contributed by atoms with van der Waals surface area (Å²) in [5.41, 5.74) is 5.27. The first kappa shape index (κ1) is 14.4. The van der Waals surface area contributed by atoms with E-state index in [9.17, 15) is 5.11 Å². The van der Waals surface area contributed by atoms with Crippen LogP contribution in [-0.2, 0) is 0 Å². The molecule has 106 valence electrons. The van der Waals surface area contributed by atoms with Gasteiger partial charge in [-0.2, -0.15) is 0 Å². The van der Waals surface area contributed by atoms with E-state index in [2.05, 4.69) is 49.8 Å². The van der Waals surface area contributed by atoms with Gasteiger partial charge in [-0.05, 0) is 51.9 Å². The zero-order valence-electron chi connectivity index (χ0n) is 12.6. The van der Waals surface area contributed by atoms with E-state index >= 15 is 0 Å². The molecular weight excluding hydrogens is 236 g/mol. The first-order valence-corrected chi connectivity index (χ1v) is 7.17. The van der Waals surface area contributed by atoms with Gasteiger partial charge >= 0.3 is 0 Å². The molecule has 0 radical (unpaired) electrons. The Labute approximate surface area is 116 Å². The first-order valence-electron chi connectivity index (χ1n) is 7.17. The van der Waals surface area contributed by atoms with Crippen LogP contribution in [-0.4, -0.2) is 49.3 Å². The van der Waals surface area contributed by atoms with Crippen LogP contribution in [0.3, 0.4) is 0 Å². The second-order valence-electron chi connectivity index (χ2n) is 5.89. The largest absolute Gasteiger partial charge is 0.394 e. The van der Waals surface area contributed by atoms with Crippen molar-refractivity contribution in [1.82, 2.24) is 4.90 Å². The molecule has 3 nitrogen and oxygen atoms in total. The number of aryl methyl sites for hydroxylation is 3. The van der Waals surface area contributed by atoms with Crippen molar-refractivity contribution in [2.45, 2.75) is 33.2 Å². The molecule has 1 aliphatic rings. The van der Waals surface area contributed by atoms with Gasteiger partial charge < -0.3 is 14.9 Å². The summed E-state index contributed by atoms with van der Waals surface area (Å²) in [6.45, 7) is 9.79. The quantitative estimate of drug-likeness (QED) is 0.884. The summed E-state index contributed by atoms with van der Waals surface area (Å²) in [5.74, 6) is 0. The van der Waals surface area contributed by atoms with Crippen molar-refractivity contribution < 1.29 is 5.11 Å². The molecule has 1 aliphatic heterocycles. The Balaban J connectivity index is 2.38. The highest BCUT2D eigenvalue weighted by Crippen LogP contribution is 2.29. The van der Waals surface area contributed by atoms with E-state index < -0.39 is 0 Å². The zero-order valence-corrected chi connectivity index (χ0v) is 12.6. The van der Waals surface area contributed by atoms with Gasteiger partial charge in [0.2, 0.25) is 0 Å². The van der Waals surface area contributed by atoms with Gasteiger partial charge in [0.05, 0.1) is 12.6 Å². The number of hydrogen-bond donors (Lipinski definition) is 1. The minimum absolute atomic E-state index is 0.201. The van der Waals surface area contributed by atoms with Crippen molar-refractivity contribution in [3.8, 4) is 0 Å². The number of benzene rings is 1. The third-order valence-corrected chi connectivity index (χ3v) is 4.04. The van der Waals surface area contributed by atoms with E-state index in [4.69, 9.17) is 0 Å². The molecule has 1 saturated heterocycles. The van der Waals surface area contributed by atoms with Crippen LogP contribution in [0, 0.1) is 20.8 Å². The van der Waals surface area contributed by atoms with Crippen molar-refractivity contribution >= 4 is 5.69 Å². The molecule has 0 saturated carbocycles. The maximum absolute atomic E-state index is 9.73. The third-order valence-electron chi connectivity index (χ3n) is 4.04. The lowest BCUT2D eigenvalue weighted by atomic mass is 10.0. The van der Waals surface area contributed by atoms with Crippen molar-refractivity contribution in [3.63, 3.8) is 0 Å². The smallest absolute Gasteiger partial charge is 0.0648 e. The van der Waals surface area contributed by atoms with Gasteiger partial charge in [0.1, 0.15) is 0 Å². The van der Waals surface area contributed by atoms with Crippen LogP contribution in [0.1, 0.15) is 23.1 Å². The van der Waals surface area contributed by atoms with Gasteiger partial charge in [-0.3, -0.25) is 0 Å². The summed E-state index contributed by atoms with van der Waals surface area (Å²) in [6.07, 6.45) is 1.15. The summed E-state index contributed by atoms with van der Waals surface area (Å²) >= 11 is 0. The first-order chi connectivity index (χ1) is 9.02. The molecule has 1 aromatic rings. The monoisotopic (exact) mass is 262 g/mol. The van der Waals surface area contributed by atoms with Gasteiger partial charge in [-0.1, -0.05) is 17.7 Å². The predicted molar refractivity (Wildman–Crippen MR) is 81.0 cm³/mol. The van der Waals surface area contributed by atoms with Crippen LogP contribution >= 0.6 is 0 Å². The molecule has 19 heavy (non-hydrogen) atoms. The fourth-order valence-corrected chi connectivity index (χ4v) is 3.32. The Morgan fingerprint density at radius 2 is 1.79 bits per heavy atom. The predicted octanol–water partition coefficient (Wildman–Crippen LogP) is 2.11. The molecule has 1 unspecified atom stereocenters. The lowest BCUT2D eigenvalue weighted by molar-refractivity contribution is 0.229. The number of hydrogen-bond acceptors (Lipinski definition) is 3. The van der Waals surface area contributed by atoms with E-state index in [1.165, 1.54) is 22.4 Å². The molecule has 0 amide bonds. The molecule has 1 heterocycles. The Kier molecular flexibility index (Phi) is 4.48. The Hall–Kier alpha value is -1.06. The van der Waals surface area contributed by atoms with Crippen LogP contribution in [0.25, 0.3) is 0 Å². The molecule has 1 fully saturated rings. The van der Waals surface area contributed by atoms with Crippen molar-refractivity contribution in [3.05, 3.63) is 28.8 Å². The SMILES string of the molecule is Cc1cc(C)c(N2CCCN(C)CC2CO)c(C)c1. The summed E-state index contributed by atoms with van der Waals surface area (Å²) in [5, 5.41) is 9.73. The van der Waals surface area contributed by atoms with Crippen LogP contribution in [0.2, 0.25) is 0 Å². The minimum Gasteiger partial charge on any atom is -0.394 e. The topological polar surface area (TPSA) is 26.7 Å². The third kappa shape index (κ3) is 3.10. The van der Waals surface area contributed by atoms with Crippen LogP contribution < -0.4 is 4.90 Å². The van der Waals surface area contributed by atoms with E-state index in [1.807, 2.05) is 0 Å². The molecule has 1 aromatic carbocycles. The average Bonchev–Trinajstić information content (AvgIpc) is 2.50. The minimum atomic E-state index is 0.201. The molecule has 3 heteroatoms. The summed E-state index contributed by atoms with van der Waals surface area (Å²) in [6, 6.07) is 4.68. The van der Waals surface area contributed by atoms with E-state index in [-0.39, 0.29) is 12.6 Å². The number of nitrogens with zero attached hydrogens (tertiary/aromatic N) is 2. The number of aliphatic hydroxyl groups is 1. The molecule has 0 bridgehead atoms. The summed E-state index contributed by atoms with van der Waals surface area (Å²) in [4.78, 5) is 4.73. The normalized spacial score (nSPS) is 21.5. The number of likely N-dealkylation sites (N-methyl/N-ethyl adjacent to an activating group) is 1. The Bertz CT molecular complexity index is 421. The van der Waals surface area contributed by atoms with E-state index in [0.717, 1.165) is 26.1 Å². The molecule has 0 aromatic heterocycles. The summed E-state index contributed by atoms with van der Waals surface area (Å²) < 4.78 is 0. The van der Waals surface area contributed by atoms with Crippen LogP contribution in [0.15, 0.2) is 12.1 Å². The van der Waals surface area contributed by atoms with Gasteiger partial charge in [0, 0.05) is 18.8 Å². The molecule has 2 rings (SSSR count). The second-order valence-corrected chi connectivity index (χ2v) is 5.89. The number of rotatable bonds is 2. The van der Waals surface area contributed by atoms with Crippen molar-refractivity contribution in [2.24, 2.45) is 0 Å². The maximum atomic E-state index is 9.73. The maximum Gasteiger partial charge on any atom is 0.0648 e. The van der Waals surface area contributed by atoms with Gasteiger partial charge in [-0.15, -0.1) is 0 Å². The molecule has 1 atom stereocenters. The molecular formula is C16H26N2O. The fourth-order valence-electron chi connectivity index (χ4n) is 3.32. The molecule has 0 aliphatic carbocycles. The highest BCUT2D eigenvalue weighted by Gasteiger charge is 2.25. The van der Waals surface area contributed by atoms with E-state index in [0.29, 0.717) is 0 Å². The van der Waals surface area contributed by atoms with Gasteiger partial charge in [0.15, 0.2) is 0 Å². The fraction of sp³-hybridized carbons (Fsp3) is 0.625. The summed E-state index contributed by atoms with van der Waals surface area (Å²) in [7, 11) is 2.14. The van der Waals surface area contributed by atoms with Crippen LogP contribution in [0.5, 0.6) is 0 Å². The lowest BCUT2D eigenvalue weighted by Crippen LogP contribution is -2.43. The highest BCUT2D eigenvalue weighted by atomic mass is 16.3. The van der Waals surface area contributed by atoms with Crippen molar-refractivity contribution in [2.75, 3.05) is 38.2 Å². The van der Waals surface area contributed by atoms with Crippen molar-refractivity contribution in [1.29, 1.82) is 0 Å². The van der Waals surface area contributed by atoms with Gasteiger partial charge in [0.25, 0.3) is 0 Å². The van der Waals surface area contributed by atoms with Gasteiger partial charge in [-0.25, -0.2) is 0 Å². The second kappa shape index (κ2) is 5.93. The van der Waals surface area contributed by atoms with Crippen LogP contribution in [0.4, 0.5) is 5.69 Å².